The molecule has 1 atom stereocenters. The van der Waals surface area contributed by atoms with Crippen molar-refractivity contribution in [2.45, 2.75) is 19.1 Å². The van der Waals surface area contributed by atoms with Crippen molar-refractivity contribution in [3.8, 4) is 0 Å². The number of aryl methyl sites for hydroxylation is 1. The smallest absolute Gasteiger partial charge is 0.408 e. The molecule has 0 radical (unpaired) electrons. The summed E-state index contributed by atoms with van der Waals surface area (Å²) in [6.45, 7) is 0.0880. The Labute approximate surface area is 127 Å². The van der Waals surface area contributed by atoms with Gasteiger partial charge in [0.2, 0.25) is 0 Å². The van der Waals surface area contributed by atoms with Crippen LogP contribution in [0.15, 0.2) is 42.9 Å². The van der Waals surface area contributed by atoms with Gasteiger partial charge >= 0.3 is 12.1 Å². The Morgan fingerprint density at radius 3 is 2.68 bits per heavy atom. The summed E-state index contributed by atoms with van der Waals surface area (Å²) in [6.07, 6.45) is 2.50. The van der Waals surface area contributed by atoms with E-state index in [-0.39, 0.29) is 13.0 Å². The molecule has 0 aliphatic heterocycles. The Bertz CT molecular complexity index is 639. The van der Waals surface area contributed by atoms with E-state index in [1.165, 1.54) is 0 Å². The number of carboxylic acid groups (broad SMARTS) is 1. The number of benzene rings is 1. The van der Waals surface area contributed by atoms with Crippen molar-refractivity contribution < 1.29 is 19.4 Å². The lowest BCUT2D eigenvalue weighted by Gasteiger charge is -2.14. The molecule has 7 nitrogen and oxygen atoms in total. The van der Waals surface area contributed by atoms with Crippen LogP contribution >= 0.6 is 0 Å². The third kappa shape index (κ3) is 4.34. The number of carbonyl (C=O) groups excluding carboxylic acids is 1. The Morgan fingerprint density at radius 2 is 2.09 bits per heavy atom. The maximum absolute atomic E-state index is 11.7. The standard InChI is InChI=1S/C15H17N3O4/c1-18-10-16-8-12(18)7-13(14(19)20)17-15(21)22-9-11-5-3-2-4-6-11/h2-6,8,10,13H,7,9H2,1H3,(H,17,21)(H,19,20). The number of alkyl carbamates (subject to hydrolysis) is 1. The van der Waals surface area contributed by atoms with Gasteiger partial charge < -0.3 is 19.7 Å². The third-order valence-electron chi connectivity index (χ3n) is 3.13. The van der Waals surface area contributed by atoms with Crippen LogP contribution < -0.4 is 5.32 Å². The van der Waals surface area contributed by atoms with Crippen LogP contribution in [0.25, 0.3) is 0 Å². The van der Waals surface area contributed by atoms with Gasteiger partial charge in [-0.1, -0.05) is 30.3 Å². The summed E-state index contributed by atoms with van der Waals surface area (Å²) in [4.78, 5) is 26.9. The third-order valence-corrected chi connectivity index (χ3v) is 3.13. The predicted octanol–water partition coefficient (Wildman–Crippen LogP) is 1.34. The second kappa shape index (κ2) is 7.26. The first-order valence-electron chi connectivity index (χ1n) is 6.71. The number of nitrogens with zero attached hydrogens (tertiary/aromatic N) is 2. The molecule has 22 heavy (non-hydrogen) atoms. The molecule has 0 aliphatic rings. The fourth-order valence-corrected chi connectivity index (χ4v) is 1.90. The Morgan fingerprint density at radius 1 is 1.36 bits per heavy atom. The molecule has 0 spiro atoms. The lowest BCUT2D eigenvalue weighted by molar-refractivity contribution is -0.139. The molecule has 0 aliphatic carbocycles. The maximum atomic E-state index is 11.7. The highest BCUT2D eigenvalue weighted by Crippen LogP contribution is 2.04. The van der Waals surface area contributed by atoms with Crippen LogP contribution in [0.4, 0.5) is 4.79 Å². The highest BCUT2D eigenvalue weighted by atomic mass is 16.5. The first-order valence-corrected chi connectivity index (χ1v) is 6.71. The predicted molar refractivity (Wildman–Crippen MR) is 78.1 cm³/mol. The molecule has 0 saturated heterocycles. The van der Waals surface area contributed by atoms with E-state index >= 15 is 0 Å². The molecule has 2 aromatic rings. The van der Waals surface area contributed by atoms with Crippen LogP contribution in [0.3, 0.4) is 0 Å². The zero-order valence-corrected chi connectivity index (χ0v) is 12.1. The van der Waals surface area contributed by atoms with Gasteiger partial charge in [-0.3, -0.25) is 0 Å². The second-order valence-electron chi connectivity index (χ2n) is 4.80. The van der Waals surface area contributed by atoms with E-state index in [4.69, 9.17) is 4.74 Å². The van der Waals surface area contributed by atoms with Crippen molar-refractivity contribution in [2.24, 2.45) is 7.05 Å². The summed E-state index contributed by atoms with van der Waals surface area (Å²) in [7, 11) is 1.76. The number of imidazole rings is 1. The first-order chi connectivity index (χ1) is 10.6. The summed E-state index contributed by atoms with van der Waals surface area (Å²) in [5.74, 6) is -1.13. The molecule has 2 rings (SSSR count). The lowest BCUT2D eigenvalue weighted by atomic mass is 10.1. The zero-order valence-electron chi connectivity index (χ0n) is 12.1. The topological polar surface area (TPSA) is 93.5 Å². The fourth-order valence-electron chi connectivity index (χ4n) is 1.90. The second-order valence-corrected chi connectivity index (χ2v) is 4.80. The normalized spacial score (nSPS) is 11.7. The molecule has 1 heterocycles. The minimum atomic E-state index is -1.13. The number of ether oxygens (including phenoxy) is 1. The average Bonchev–Trinajstić information content (AvgIpc) is 2.91. The summed E-state index contributed by atoms with van der Waals surface area (Å²) < 4.78 is 6.72. The van der Waals surface area contributed by atoms with Crippen LogP contribution in [-0.4, -0.2) is 32.8 Å². The highest BCUT2D eigenvalue weighted by molar-refractivity contribution is 5.80. The first kappa shape index (κ1) is 15.6. The zero-order chi connectivity index (χ0) is 15.9. The van der Waals surface area contributed by atoms with E-state index in [0.29, 0.717) is 5.69 Å². The van der Waals surface area contributed by atoms with Crippen LogP contribution in [-0.2, 0) is 29.6 Å². The van der Waals surface area contributed by atoms with E-state index in [1.807, 2.05) is 30.3 Å². The SMILES string of the molecule is Cn1cncc1CC(NC(=O)OCc1ccccc1)C(=O)O. The van der Waals surface area contributed by atoms with Crippen molar-refractivity contribution in [2.75, 3.05) is 0 Å². The number of hydrogen-bond acceptors (Lipinski definition) is 4. The molecule has 1 aromatic heterocycles. The molecule has 1 aromatic carbocycles. The van der Waals surface area contributed by atoms with Crippen molar-refractivity contribution in [3.63, 3.8) is 0 Å². The van der Waals surface area contributed by atoms with Gasteiger partial charge in [0.05, 0.1) is 6.33 Å². The molecule has 2 N–H and O–H groups in total. The number of aliphatic carboxylic acids is 1. The van der Waals surface area contributed by atoms with Gasteiger partial charge in [0, 0.05) is 25.4 Å². The van der Waals surface area contributed by atoms with Gasteiger partial charge in [0.15, 0.2) is 0 Å². The van der Waals surface area contributed by atoms with Gasteiger partial charge in [-0.15, -0.1) is 0 Å². The molecule has 7 heteroatoms. The van der Waals surface area contributed by atoms with E-state index in [0.717, 1.165) is 5.56 Å². The quantitative estimate of drug-likeness (QED) is 0.840. The molecule has 1 unspecified atom stereocenters. The summed E-state index contributed by atoms with van der Waals surface area (Å²) in [5.41, 5.74) is 1.53. The number of carbonyl (C=O) groups is 2. The largest absolute Gasteiger partial charge is 0.480 e. The van der Waals surface area contributed by atoms with Crippen molar-refractivity contribution in [1.82, 2.24) is 14.9 Å². The van der Waals surface area contributed by atoms with Crippen LogP contribution in [0, 0.1) is 0 Å². The summed E-state index contributed by atoms with van der Waals surface area (Å²) in [6, 6.07) is 8.09. The molecule has 0 saturated carbocycles. The molecular formula is C15H17N3O4. The molecule has 1 amide bonds. The Balaban J connectivity index is 1.89. The summed E-state index contributed by atoms with van der Waals surface area (Å²) in [5, 5.41) is 11.5. The van der Waals surface area contributed by atoms with Crippen LogP contribution in [0.1, 0.15) is 11.3 Å². The van der Waals surface area contributed by atoms with Gasteiger partial charge in [-0.2, -0.15) is 0 Å². The number of hydrogen-bond donors (Lipinski definition) is 2. The monoisotopic (exact) mass is 303 g/mol. The number of rotatable bonds is 6. The molecule has 0 fully saturated rings. The minimum absolute atomic E-state index is 0.0880. The van der Waals surface area contributed by atoms with E-state index < -0.39 is 18.1 Å². The van der Waals surface area contributed by atoms with E-state index in [1.54, 1.807) is 24.1 Å². The molecule has 0 bridgehead atoms. The van der Waals surface area contributed by atoms with Gasteiger partial charge in [0.1, 0.15) is 12.6 Å². The van der Waals surface area contributed by atoms with Gasteiger partial charge in [-0.05, 0) is 5.56 Å². The maximum Gasteiger partial charge on any atom is 0.408 e. The van der Waals surface area contributed by atoms with Crippen molar-refractivity contribution >= 4 is 12.1 Å². The fraction of sp³-hybridized carbons (Fsp3) is 0.267. The Hall–Kier alpha value is -2.83. The van der Waals surface area contributed by atoms with Gasteiger partial charge in [-0.25, -0.2) is 14.6 Å². The number of amides is 1. The molecule has 116 valence electrons. The van der Waals surface area contributed by atoms with Crippen LogP contribution in [0.2, 0.25) is 0 Å². The minimum Gasteiger partial charge on any atom is -0.480 e. The lowest BCUT2D eigenvalue weighted by Crippen LogP contribution is -2.42. The van der Waals surface area contributed by atoms with E-state index in [9.17, 15) is 14.7 Å². The molecular weight excluding hydrogens is 286 g/mol. The van der Waals surface area contributed by atoms with Crippen LogP contribution in [0.5, 0.6) is 0 Å². The number of carboxylic acids is 1. The van der Waals surface area contributed by atoms with Crippen molar-refractivity contribution in [3.05, 3.63) is 54.1 Å². The highest BCUT2D eigenvalue weighted by Gasteiger charge is 2.22. The Kier molecular flexibility index (Phi) is 5.13. The van der Waals surface area contributed by atoms with Crippen molar-refractivity contribution in [1.29, 1.82) is 0 Å². The summed E-state index contributed by atoms with van der Waals surface area (Å²) >= 11 is 0. The van der Waals surface area contributed by atoms with Gasteiger partial charge in [0.25, 0.3) is 0 Å². The number of aromatic nitrogens is 2. The number of nitrogens with one attached hydrogen (secondary N) is 1. The van der Waals surface area contributed by atoms with E-state index in [2.05, 4.69) is 10.3 Å². The average molecular weight is 303 g/mol.